The van der Waals surface area contributed by atoms with Crippen LogP contribution in [-0.4, -0.2) is 22.1 Å². The molecule has 0 aliphatic rings. The minimum absolute atomic E-state index is 0.852. The molecule has 1 heterocycles. The van der Waals surface area contributed by atoms with Crippen LogP contribution in [0.1, 0.15) is 5.56 Å². The summed E-state index contributed by atoms with van der Waals surface area (Å²) in [5.74, 6) is 0.913. The van der Waals surface area contributed by atoms with Crippen molar-refractivity contribution in [2.45, 2.75) is 6.54 Å². The first-order valence-corrected chi connectivity index (χ1v) is 6.65. The van der Waals surface area contributed by atoms with Gasteiger partial charge < -0.3 is 4.90 Å². The van der Waals surface area contributed by atoms with Gasteiger partial charge in [-0.3, -0.25) is 0 Å². The highest BCUT2D eigenvalue weighted by molar-refractivity contribution is 9.09. The van der Waals surface area contributed by atoms with Crippen LogP contribution in [0.3, 0.4) is 0 Å². The van der Waals surface area contributed by atoms with Crippen molar-refractivity contribution in [2.75, 3.05) is 16.8 Å². The van der Waals surface area contributed by atoms with E-state index in [1.165, 1.54) is 5.56 Å². The fourth-order valence-corrected chi connectivity index (χ4v) is 2.07. The number of nitrogens with zero attached hydrogens (tertiary/aromatic N) is 3. The lowest BCUT2D eigenvalue weighted by molar-refractivity contribution is 0.803. The fraction of sp³-hybridized carbons (Fsp3) is 0.231. The maximum atomic E-state index is 4.15. The molecule has 4 heteroatoms. The highest BCUT2D eigenvalue weighted by Crippen LogP contribution is 2.13. The highest BCUT2D eigenvalue weighted by atomic mass is 79.9. The lowest BCUT2D eigenvalue weighted by atomic mass is 10.2. The van der Waals surface area contributed by atoms with Gasteiger partial charge >= 0.3 is 0 Å². The summed E-state index contributed by atoms with van der Waals surface area (Å²) >= 11 is 3.47. The molecule has 0 saturated carbocycles. The molecular weight excluding hydrogens is 278 g/mol. The Labute approximate surface area is 110 Å². The van der Waals surface area contributed by atoms with Crippen molar-refractivity contribution in [1.82, 2.24) is 10.2 Å². The number of hydrogen-bond acceptors (Lipinski definition) is 3. The lowest BCUT2D eigenvalue weighted by Gasteiger charge is -2.22. The van der Waals surface area contributed by atoms with E-state index in [-0.39, 0.29) is 0 Å². The van der Waals surface area contributed by atoms with Crippen LogP contribution in [0, 0.1) is 0 Å². The number of aromatic nitrogens is 2. The Kier molecular flexibility index (Phi) is 4.50. The zero-order chi connectivity index (χ0) is 11.9. The van der Waals surface area contributed by atoms with Crippen molar-refractivity contribution in [3.8, 4) is 0 Å². The summed E-state index contributed by atoms with van der Waals surface area (Å²) in [7, 11) is 0. The topological polar surface area (TPSA) is 29.0 Å². The van der Waals surface area contributed by atoms with E-state index in [0.717, 1.165) is 24.2 Å². The van der Waals surface area contributed by atoms with Gasteiger partial charge in [0.05, 0.1) is 0 Å². The smallest absolute Gasteiger partial charge is 0.151 e. The van der Waals surface area contributed by atoms with Crippen LogP contribution < -0.4 is 4.90 Å². The van der Waals surface area contributed by atoms with E-state index in [2.05, 4.69) is 55.3 Å². The Balaban J connectivity index is 2.13. The zero-order valence-corrected chi connectivity index (χ0v) is 11.0. The first kappa shape index (κ1) is 12.0. The van der Waals surface area contributed by atoms with Crippen molar-refractivity contribution in [3.63, 3.8) is 0 Å². The molecule has 1 aromatic heterocycles. The fourth-order valence-electron chi connectivity index (χ4n) is 1.64. The van der Waals surface area contributed by atoms with Gasteiger partial charge in [-0.15, -0.1) is 5.10 Å². The van der Waals surface area contributed by atoms with Gasteiger partial charge in [0.2, 0.25) is 0 Å². The summed E-state index contributed by atoms with van der Waals surface area (Å²) in [6.45, 7) is 1.76. The molecule has 0 N–H and O–H groups in total. The van der Waals surface area contributed by atoms with Crippen LogP contribution in [-0.2, 0) is 6.54 Å². The number of rotatable bonds is 5. The van der Waals surface area contributed by atoms with Crippen LogP contribution in [0.25, 0.3) is 0 Å². The van der Waals surface area contributed by atoms with Crippen LogP contribution in [0.15, 0.2) is 48.7 Å². The number of anilines is 1. The van der Waals surface area contributed by atoms with E-state index in [1.807, 2.05) is 18.2 Å². The Morgan fingerprint density at radius 2 is 1.88 bits per heavy atom. The van der Waals surface area contributed by atoms with Gasteiger partial charge in [-0.05, 0) is 17.7 Å². The summed E-state index contributed by atoms with van der Waals surface area (Å²) in [6, 6.07) is 14.3. The predicted octanol–water partition coefficient (Wildman–Crippen LogP) is 2.88. The van der Waals surface area contributed by atoms with Crippen LogP contribution >= 0.6 is 15.9 Å². The molecule has 88 valence electrons. The minimum atomic E-state index is 0.852. The number of alkyl halides is 1. The molecule has 0 atom stereocenters. The molecule has 0 unspecified atom stereocenters. The predicted molar refractivity (Wildman–Crippen MR) is 73.3 cm³/mol. The van der Waals surface area contributed by atoms with Crippen LogP contribution in [0.5, 0.6) is 0 Å². The molecule has 0 saturated heterocycles. The Morgan fingerprint density at radius 1 is 1.06 bits per heavy atom. The van der Waals surface area contributed by atoms with Crippen molar-refractivity contribution >= 4 is 21.7 Å². The second-order valence-corrected chi connectivity index (χ2v) is 4.47. The molecule has 0 bridgehead atoms. The molecular formula is C13H14BrN3. The van der Waals surface area contributed by atoms with Gasteiger partial charge in [0, 0.05) is 24.6 Å². The molecule has 2 rings (SSSR count). The maximum Gasteiger partial charge on any atom is 0.151 e. The quantitative estimate of drug-likeness (QED) is 0.793. The van der Waals surface area contributed by atoms with Crippen molar-refractivity contribution in [1.29, 1.82) is 0 Å². The zero-order valence-electron chi connectivity index (χ0n) is 9.46. The minimum Gasteiger partial charge on any atom is -0.350 e. The van der Waals surface area contributed by atoms with E-state index in [0.29, 0.717) is 0 Å². The molecule has 0 amide bonds. The summed E-state index contributed by atoms with van der Waals surface area (Å²) < 4.78 is 0. The number of hydrogen-bond donors (Lipinski definition) is 0. The number of halogens is 1. The summed E-state index contributed by atoms with van der Waals surface area (Å²) in [5.41, 5.74) is 1.28. The first-order chi connectivity index (χ1) is 8.40. The average Bonchev–Trinajstić information content (AvgIpc) is 2.40. The van der Waals surface area contributed by atoms with Crippen LogP contribution in [0.2, 0.25) is 0 Å². The molecule has 3 nitrogen and oxygen atoms in total. The molecule has 0 radical (unpaired) electrons. The largest absolute Gasteiger partial charge is 0.350 e. The van der Waals surface area contributed by atoms with Gasteiger partial charge in [-0.25, -0.2) is 0 Å². The molecule has 0 aliphatic heterocycles. The Hall–Kier alpha value is -1.42. The van der Waals surface area contributed by atoms with Crippen molar-refractivity contribution < 1.29 is 0 Å². The third kappa shape index (κ3) is 3.53. The Morgan fingerprint density at radius 3 is 2.53 bits per heavy atom. The van der Waals surface area contributed by atoms with E-state index in [9.17, 15) is 0 Å². The van der Waals surface area contributed by atoms with Gasteiger partial charge in [0.15, 0.2) is 5.82 Å². The monoisotopic (exact) mass is 291 g/mol. The van der Waals surface area contributed by atoms with Gasteiger partial charge in [0.25, 0.3) is 0 Å². The van der Waals surface area contributed by atoms with Gasteiger partial charge in [-0.1, -0.05) is 46.3 Å². The van der Waals surface area contributed by atoms with Crippen molar-refractivity contribution in [3.05, 3.63) is 54.2 Å². The molecule has 0 spiro atoms. The third-order valence-electron chi connectivity index (χ3n) is 2.45. The first-order valence-electron chi connectivity index (χ1n) is 5.52. The van der Waals surface area contributed by atoms with Crippen molar-refractivity contribution in [2.24, 2.45) is 0 Å². The molecule has 17 heavy (non-hydrogen) atoms. The normalized spacial score (nSPS) is 10.2. The van der Waals surface area contributed by atoms with E-state index in [1.54, 1.807) is 6.20 Å². The second kappa shape index (κ2) is 6.35. The lowest BCUT2D eigenvalue weighted by Crippen LogP contribution is -2.25. The molecule has 1 aromatic carbocycles. The Bertz CT molecular complexity index is 433. The maximum absolute atomic E-state index is 4.15. The standard InChI is InChI=1S/C13H14BrN3/c14-8-10-17(13-7-4-9-15-16-13)11-12-5-2-1-3-6-12/h1-7,9H,8,10-11H2. The van der Waals surface area contributed by atoms with E-state index in [4.69, 9.17) is 0 Å². The second-order valence-electron chi connectivity index (χ2n) is 3.68. The molecule has 0 aliphatic carbocycles. The summed E-state index contributed by atoms with van der Waals surface area (Å²) in [5, 5.41) is 8.98. The SMILES string of the molecule is BrCCN(Cc1ccccc1)c1cccnn1. The summed E-state index contributed by atoms with van der Waals surface area (Å²) in [4.78, 5) is 2.21. The van der Waals surface area contributed by atoms with Crippen LogP contribution in [0.4, 0.5) is 5.82 Å². The van der Waals surface area contributed by atoms with E-state index < -0.39 is 0 Å². The third-order valence-corrected chi connectivity index (χ3v) is 2.81. The summed E-state index contributed by atoms with van der Waals surface area (Å²) in [6.07, 6.45) is 1.69. The van der Waals surface area contributed by atoms with E-state index >= 15 is 0 Å². The number of benzene rings is 1. The average molecular weight is 292 g/mol. The molecule has 2 aromatic rings. The molecule has 0 fully saturated rings. The van der Waals surface area contributed by atoms with Gasteiger partial charge in [0.1, 0.15) is 0 Å². The van der Waals surface area contributed by atoms with Gasteiger partial charge in [-0.2, -0.15) is 5.10 Å². The highest BCUT2D eigenvalue weighted by Gasteiger charge is 2.07.